The summed E-state index contributed by atoms with van der Waals surface area (Å²) in [5, 5.41) is 6.83. The van der Waals surface area contributed by atoms with Crippen molar-refractivity contribution in [2.75, 3.05) is 7.11 Å². The zero-order chi connectivity index (χ0) is 5.70. The summed E-state index contributed by atoms with van der Waals surface area (Å²) in [6.07, 6.45) is 3.34. The second-order valence-corrected chi connectivity index (χ2v) is 1.07. The van der Waals surface area contributed by atoms with Gasteiger partial charge in [-0.3, -0.25) is 5.41 Å². The van der Waals surface area contributed by atoms with E-state index < -0.39 is 0 Å². The summed E-state index contributed by atoms with van der Waals surface area (Å²) in [5.74, 6) is 0.197. The van der Waals surface area contributed by atoms with Crippen LogP contribution in [0.3, 0.4) is 0 Å². The summed E-state index contributed by atoms with van der Waals surface area (Å²) in [7, 11) is 1.47. The first-order valence-electron chi connectivity index (χ1n) is 2.06. The minimum absolute atomic E-state index is 0.197. The maximum atomic E-state index is 6.83. The fourth-order valence-electron chi connectivity index (χ4n) is 0.219. The quantitative estimate of drug-likeness (QED) is 0.388. The van der Waals surface area contributed by atoms with Crippen LogP contribution >= 0.6 is 0 Å². The van der Waals surface area contributed by atoms with E-state index in [0.717, 1.165) is 0 Å². The standard InChI is InChI=1S/C5H9NO/c1-3-4-5(6)7-2/h3-4,6H,1-2H3/b4-3+,6-5?. The largest absolute Gasteiger partial charge is 0.481 e. The highest BCUT2D eigenvalue weighted by Crippen LogP contribution is 1.74. The molecule has 0 aliphatic heterocycles. The zero-order valence-electron chi connectivity index (χ0n) is 4.56. The Morgan fingerprint density at radius 2 is 2.29 bits per heavy atom. The summed E-state index contributed by atoms with van der Waals surface area (Å²) in [4.78, 5) is 0. The van der Waals surface area contributed by atoms with Crippen molar-refractivity contribution in [3.63, 3.8) is 0 Å². The van der Waals surface area contributed by atoms with E-state index in [4.69, 9.17) is 5.41 Å². The first kappa shape index (κ1) is 6.21. The summed E-state index contributed by atoms with van der Waals surface area (Å²) in [5.41, 5.74) is 0. The van der Waals surface area contributed by atoms with Gasteiger partial charge in [0, 0.05) is 0 Å². The maximum absolute atomic E-state index is 6.83. The van der Waals surface area contributed by atoms with Gasteiger partial charge in [0.1, 0.15) is 0 Å². The SMILES string of the molecule is C/C=C/C(=N)OC. The van der Waals surface area contributed by atoms with Crippen molar-refractivity contribution in [3.05, 3.63) is 12.2 Å². The molecule has 0 atom stereocenters. The van der Waals surface area contributed by atoms with E-state index in [-0.39, 0.29) is 5.90 Å². The monoisotopic (exact) mass is 99.1 g/mol. The molecule has 0 aromatic rings. The number of rotatable bonds is 1. The third kappa shape index (κ3) is 3.03. The molecule has 0 aromatic heterocycles. The molecule has 7 heavy (non-hydrogen) atoms. The van der Waals surface area contributed by atoms with Gasteiger partial charge in [-0.05, 0) is 13.0 Å². The lowest BCUT2D eigenvalue weighted by molar-refractivity contribution is 0.403. The number of nitrogens with one attached hydrogen (secondary N) is 1. The highest BCUT2D eigenvalue weighted by Gasteiger charge is 1.77. The molecule has 0 amide bonds. The van der Waals surface area contributed by atoms with Gasteiger partial charge in [-0.2, -0.15) is 0 Å². The van der Waals surface area contributed by atoms with Gasteiger partial charge in [0.15, 0.2) is 0 Å². The molecular weight excluding hydrogens is 90.1 g/mol. The van der Waals surface area contributed by atoms with Crippen molar-refractivity contribution >= 4 is 5.90 Å². The zero-order valence-corrected chi connectivity index (χ0v) is 4.56. The minimum Gasteiger partial charge on any atom is -0.481 e. The summed E-state index contributed by atoms with van der Waals surface area (Å²) >= 11 is 0. The molecule has 0 bridgehead atoms. The molecule has 0 spiro atoms. The molecule has 0 fully saturated rings. The second-order valence-electron chi connectivity index (χ2n) is 1.07. The molecule has 0 saturated carbocycles. The van der Waals surface area contributed by atoms with E-state index in [1.165, 1.54) is 7.11 Å². The van der Waals surface area contributed by atoms with Crippen LogP contribution in [0.1, 0.15) is 6.92 Å². The van der Waals surface area contributed by atoms with Crippen LogP contribution in [-0.2, 0) is 4.74 Å². The lowest BCUT2D eigenvalue weighted by atomic mass is 10.5. The molecule has 0 aliphatic carbocycles. The van der Waals surface area contributed by atoms with Crippen LogP contribution in [0.2, 0.25) is 0 Å². The Kier molecular flexibility index (Phi) is 3.02. The molecule has 0 saturated heterocycles. The molecule has 0 heterocycles. The van der Waals surface area contributed by atoms with E-state index in [2.05, 4.69) is 4.74 Å². The van der Waals surface area contributed by atoms with Crippen LogP contribution in [-0.4, -0.2) is 13.0 Å². The van der Waals surface area contributed by atoms with E-state index in [0.29, 0.717) is 0 Å². The molecule has 0 radical (unpaired) electrons. The molecule has 0 aliphatic rings. The minimum atomic E-state index is 0.197. The maximum Gasteiger partial charge on any atom is 0.205 e. The van der Waals surface area contributed by atoms with Gasteiger partial charge in [0.2, 0.25) is 5.90 Å². The first-order valence-corrected chi connectivity index (χ1v) is 2.06. The number of ether oxygens (including phenoxy) is 1. The average molecular weight is 99.1 g/mol. The first-order chi connectivity index (χ1) is 3.31. The van der Waals surface area contributed by atoms with E-state index in [9.17, 15) is 0 Å². The Bertz CT molecular complexity index is 86.1. The molecule has 2 nitrogen and oxygen atoms in total. The highest BCUT2D eigenvalue weighted by atomic mass is 16.5. The van der Waals surface area contributed by atoms with Gasteiger partial charge in [-0.25, -0.2) is 0 Å². The second kappa shape index (κ2) is 3.40. The Hall–Kier alpha value is -0.790. The van der Waals surface area contributed by atoms with Gasteiger partial charge in [0.25, 0.3) is 0 Å². The van der Waals surface area contributed by atoms with E-state index >= 15 is 0 Å². The van der Waals surface area contributed by atoms with Crippen LogP contribution in [0.5, 0.6) is 0 Å². The predicted octanol–water partition coefficient (Wildman–Crippen LogP) is 1.19. The summed E-state index contributed by atoms with van der Waals surface area (Å²) < 4.78 is 4.49. The van der Waals surface area contributed by atoms with Crippen molar-refractivity contribution in [1.82, 2.24) is 0 Å². The summed E-state index contributed by atoms with van der Waals surface area (Å²) in [6, 6.07) is 0. The average Bonchev–Trinajstić information content (AvgIpc) is 1.68. The van der Waals surface area contributed by atoms with Crippen molar-refractivity contribution in [3.8, 4) is 0 Å². The van der Waals surface area contributed by atoms with Crippen LogP contribution in [0.15, 0.2) is 12.2 Å². The fraction of sp³-hybridized carbons (Fsp3) is 0.400. The van der Waals surface area contributed by atoms with Gasteiger partial charge < -0.3 is 4.74 Å². The van der Waals surface area contributed by atoms with Crippen LogP contribution < -0.4 is 0 Å². The third-order valence-corrected chi connectivity index (χ3v) is 0.538. The molecule has 0 rings (SSSR count). The molecule has 0 unspecified atom stereocenters. The fourth-order valence-corrected chi connectivity index (χ4v) is 0.219. The topological polar surface area (TPSA) is 33.1 Å². The third-order valence-electron chi connectivity index (χ3n) is 0.538. The van der Waals surface area contributed by atoms with E-state index in [1.807, 2.05) is 6.92 Å². The van der Waals surface area contributed by atoms with E-state index in [1.54, 1.807) is 12.2 Å². The van der Waals surface area contributed by atoms with Crippen molar-refractivity contribution < 1.29 is 4.74 Å². The van der Waals surface area contributed by atoms with Gasteiger partial charge in [0.05, 0.1) is 7.11 Å². The summed E-state index contributed by atoms with van der Waals surface area (Å²) in [6.45, 7) is 1.84. The number of hydrogen-bond donors (Lipinski definition) is 1. The number of allylic oxidation sites excluding steroid dienone is 1. The van der Waals surface area contributed by atoms with Crippen molar-refractivity contribution in [1.29, 1.82) is 5.41 Å². The van der Waals surface area contributed by atoms with Crippen LogP contribution in [0.4, 0.5) is 0 Å². The van der Waals surface area contributed by atoms with Crippen LogP contribution in [0.25, 0.3) is 0 Å². The molecule has 1 N–H and O–H groups in total. The van der Waals surface area contributed by atoms with Gasteiger partial charge >= 0.3 is 0 Å². The molecule has 40 valence electrons. The number of methoxy groups -OCH3 is 1. The number of hydrogen-bond acceptors (Lipinski definition) is 2. The van der Waals surface area contributed by atoms with Gasteiger partial charge in [-0.15, -0.1) is 0 Å². The molecule has 0 aromatic carbocycles. The Morgan fingerprint density at radius 3 is 2.43 bits per heavy atom. The van der Waals surface area contributed by atoms with Gasteiger partial charge in [-0.1, -0.05) is 6.08 Å². The van der Waals surface area contributed by atoms with Crippen molar-refractivity contribution in [2.45, 2.75) is 6.92 Å². The predicted molar refractivity (Wildman–Crippen MR) is 29.5 cm³/mol. The lowest BCUT2D eigenvalue weighted by Crippen LogP contribution is -1.90. The van der Waals surface area contributed by atoms with Crippen LogP contribution in [0, 0.1) is 5.41 Å². The normalized spacial score (nSPS) is 9.43. The smallest absolute Gasteiger partial charge is 0.205 e. The highest BCUT2D eigenvalue weighted by molar-refractivity contribution is 5.84. The Labute approximate surface area is 43.3 Å². The molecular formula is C5H9NO. The van der Waals surface area contributed by atoms with Crippen molar-refractivity contribution in [2.24, 2.45) is 0 Å². The molecule has 2 heteroatoms. The Morgan fingerprint density at radius 1 is 1.71 bits per heavy atom. The lowest BCUT2D eigenvalue weighted by Gasteiger charge is -1.89. The Balaban J connectivity index is 3.37.